The van der Waals surface area contributed by atoms with Crippen LogP contribution in [-0.4, -0.2) is 34.1 Å². The minimum Gasteiger partial charge on any atom is -0.408 e. The minimum atomic E-state index is -0.294. The molecule has 0 radical (unpaired) electrons. The van der Waals surface area contributed by atoms with Gasteiger partial charge < -0.3 is 9.32 Å². The number of nitrogens with zero attached hydrogens (tertiary/aromatic N) is 3. The second-order valence-corrected chi connectivity index (χ2v) is 6.35. The van der Waals surface area contributed by atoms with Crippen LogP contribution in [-0.2, 0) is 13.0 Å². The van der Waals surface area contributed by atoms with Crippen molar-refractivity contribution >= 4 is 11.1 Å². The van der Waals surface area contributed by atoms with Gasteiger partial charge in [0.2, 0.25) is 0 Å². The summed E-state index contributed by atoms with van der Waals surface area (Å²) in [7, 11) is 2.08. The Morgan fingerprint density at radius 1 is 1.29 bits per heavy atom. The zero-order valence-electron chi connectivity index (χ0n) is 14.4. The van der Waals surface area contributed by atoms with Crippen LogP contribution in [0.4, 0.5) is 0 Å². The molecule has 0 bridgehead atoms. The Hall–Kier alpha value is -2.40. The summed E-state index contributed by atoms with van der Waals surface area (Å²) in [6.45, 7) is 5.64. The highest BCUT2D eigenvalue weighted by Crippen LogP contribution is 2.12. The Bertz CT molecular complexity index is 881. The molecule has 0 amide bonds. The van der Waals surface area contributed by atoms with Crippen molar-refractivity contribution in [2.45, 2.75) is 32.9 Å². The van der Waals surface area contributed by atoms with Crippen molar-refractivity contribution in [3.05, 3.63) is 64.4 Å². The Morgan fingerprint density at radius 3 is 2.88 bits per heavy atom. The summed E-state index contributed by atoms with van der Waals surface area (Å²) in [6.07, 6.45) is 2.74. The lowest BCUT2D eigenvalue weighted by molar-refractivity contribution is 0.243. The van der Waals surface area contributed by atoms with Gasteiger partial charge in [0.25, 0.3) is 0 Å². The van der Waals surface area contributed by atoms with Crippen molar-refractivity contribution in [2.24, 2.45) is 0 Å². The van der Waals surface area contributed by atoms with Crippen LogP contribution in [0.2, 0.25) is 0 Å². The fourth-order valence-corrected chi connectivity index (χ4v) is 2.87. The quantitative estimate of drug-likeness (QED) is 0.699. The van der Waals surface area contributed by atoms with E-state index >= 15 is 0 Å². The van der Waals surface area contributed by atoms with E-state index in [1.54, 1.807) is 4.57 Å². The van der Waals surface area contributed by atoms with Crippen molar-refractivity contribution in [1.29, 1.82) is 0 Å². The summed E-state index contributed by atoms with van der Waals surface area (Å²) in [6, 6.07) is 12.0. The van der Waals surface area contributed by atoms with E-state index in [1.807, 2.05) is 36.5 Å². The van der Waals surface area contributed by atoms with E-state index in [0.717, 1.165) is 24.2 Å². The highest BCUT2D eigenvalue weighted by molar-refractivity contribution is 5.72. The zero-order chi connectivity index (χ0) is 17.1. The van der Waals surface area contributed by atoms with Gasteiger partial charge in [-0.3, -0.25) is 9.55 Å². The van der Waals surface area contributed by atoms with Crippen LogP contribution in [0.15, 0.2) is 51.8 Å². The second kappa shape index (κ2) is 7.01. The number of rotatable bonds is 6. The number of pyridine rings is 1. The van der Waals surface area contributed by atoms with E-state index in [9.17, 15) is 4.79 Å². The topological polar surface area (TPSA) is 51.3 Å². The molecule has 2 heterocycles. The Balaban J connectivity index is 1.65. The summed E-state index contributed by atoms with van der Waals surface area (Å²) in [5, 5.41) is 0. The van der Waals surface area contributed by atoms with E-state index in [1.165, 1.54) is 5.56 Å². The fraction of sp³-hybridized carbons (Fsp3) is 0.368. The lowest BCUT2D eigenvalue weighted by Crippen LogP contribution is -2.35. The number of hydrogen-bond acceptors (Lipinski definition) is 4. The van der Waals surface area contributed by atoms with Crippen molar-refractivity contribution < 1.29 is 4.42 Å². The molecule has 0 saturated heterocycles. The molecule has 24 heavy (non-hydrogen) atoms. The third-order valence-corrected chi connectivity index (χ3v) is 4.48. The summed E-state index contributed by atoms with van der Waals surface area (Å²) < 4.78 is 6.98. The molecule has 126 valence electrons. The largest absolute Gasteiger partial charge is 0.419 e. The maximum Gasteiger partial charge on any atom is 0.419 e. The smallest absolute Gasteiger partial charge is 0.408 e. The third-order valence-electron chi connectivity index (χ3n) is 4.48. The number of aryl methyl sites for hydroxylation is 1. The first kappa shape index (κ1) is 16.5. The number of para-hydroxylation sites is 2. The van der Waals surface area contributed by atoms with Crippen molar-refractivity contribution in [3.63, 3.8) is 0 Å². The molecule has 0 fully saturated rings. The van der Waals surface area contributed by atoms with Crippen LogP contribution in [0.25, 0.3) is 11.1 Å². The summed E-state index contributed by atoms with van der Waals surface area (Å²) in [5.41, 5.74) is 3.82. The lowest BCUT2D eigenvalue weighted by Gasteiger charge is -2.24. The lowest BCUT2D eigenvalue weighted by atomic mass is 10.1. The molecule has 0 N–H and O–H groups in total. The molecule has 0 saturated carbocycles. The van der Waals surface area contributed by atoms with Crippen LogP contribution < -0.4 is 5.76 Å². The van der Waals surface area contributed by atoms with Crippen molar-refractivity contribution in [3.8, 4) is 0 Å². The zero-order valence-corrected chi connectivity index (χ0v) is 14.4. The molecule has 5 heteroatoms. The number of hydrogen-bond donors (Lipinski definition) is 0. The predicted molar refractivity (Wildman–Crippen MR) is 95.2 cm³/mol. The summed E-state index contributed by atoms with van der Waals surface area (Å²) >= 11 is 0. The Labute approximate surface area is 141 Å². The van der Waals surface area contributed by atoms with Gasteiger partial charge in [0.15, 0.2) is 5.58 Å². The molecule has 0 aliphatic carbocycles. The van der Waals surface area contributed by atoms with Crippen LogP contribution in [0.5, 0.6) is 0 Å². The van der Waals surface area contributed by atoms with Crippen molar-refractivity contribution in [1.82, 2.24) is 14.5 Å². The van der Waals surface area contributed by atoms with Gasteiger partial charge in [0, 0.05) is 37.4 Å². The number of oxazole rings is 1. The number of likely N-dealkylation sites (N-methyl/N-ethyl adjacent to an activating group) is 1. The Kier molecular flexibility index (Phi) is 4.81. The maximum atomic E-state index is 12.0. The van der Waals surface area contributed by atoms with Gasteiger partial charge in [-0.2, -0.15) is 0 Å². The number of aromatic nitrogens is 2. The van der Waals surface area contributed by atoms with Gasteiger partial charge in [0.05, 0.1) is 5.52 Å². The maximum absolute atomic E-state index is 12.0. The third kappa shape index (κ3) is 3.57. The van der Waals surface area contributed by atoms with Gasteiger partial charge in [-0.15, -0.1) is 0 Å². The first-order valence-electron chi connectivity index (χ1n) is 8.25. The fourth-order valence-electron chi connectivity index (χ4n) is 2.87. The average Bonchev–Trinajstić information content (AvgIpc) is 2.88. The highest BCUT2D eigenvalue weighted by atomic mass is 16.4. The molecule has 1 atom stereocenters. The minimum absolute atomic E-state index is 0.294. The first-order valence-corrected chi connectivity index (χ1v) is 8.25. The van der Waals surface area contributed by atoms with E-state index in [-0.39, 0.29) is 5.76 Å². The van der Waals surface area contributed by atoms with Crippen LogP contribution >= 0.6 is 0 Å². The molecule has 1 unspecified atom stereocenters. The molecule has 0 aliphatic rings. The molecular weight excluding hydrogens is 302 g/mol. The SMILES string of the molecule is Cc1ccnc(CC(C)N(C)CCn2c(=O)oc3ccccc32)c1. The van der Waals surface area contributed by atoms with Gasteiger partial charge in [-0.1, -0.05) is 12.1 Å². The molecule has 2 aromatic heterocycles. The van der Waals surface area contributed by atoms with Crippen LogP contribution in [0.1, 0.15) is 18.2 Å². The second-order valence-electron chi connectivity index (χ2n) is 6.35. The first-order chi connectivity index (χ1) is 11.5. The van der Waals surface area contributed by atoms with E-state index in [4.69, 9.17) is 4.42 Å². The van der Waals surface area contributed by atoms with Crippen LogP contribution in [0.3, 0.4) is 0 Å². The molecule has 5 nitrogen and oxygen atoms in total. The molecule has 0 spiro atoms. The van der Waals surface area contributed by atoms with E-state index < -0.39 is 0 Å². The van der Waals surface area contributed by atoms with E-state index in [2.05, 4.69) is 36.8 Å². The normalized spacial score (nSPS) is 12.8. The van der Waals surface area contributed by atoms with Gasteiger partial charge in [-0.25, -0.2) is 4.79 Å². The highest BCUT2D eigenvalue weighted by Gasteiger charge is 2.13. The summed E-state index contributed by atoms with van der Waals surface area (Å²) in [5.74, 6) is -0.294. The standard InChI is InChI=1S/C19H23N3O2/c1-14-8-9-20-16(12-14)13-15(2)21(3)10-11-22-17-6-4-5-7-18(17)24-19(22)23/h4-9,12,15H,10-11,13H2,1-3H3. The van der Waals surface area contributed by atoms with E-state index in [0.29, 0.717) is 18.2 Å². The monoisotopic (exact) mass is 325 g/mol. The molecular formula is C19H23N3O2. The number of benzene rings is 1. The van der Waals surface area contributed by atoms with Crippen molar-refractivity contribution in [2.75, 3.05) is 13.6 Å². The summed E-state index contributed by atoms with van der Waals surface area (Å²) in [4.78, 5) is 18.7. The number of fused-ring (bicyclic) bond motifs is 1. The molecule has 3 aromatic rings. The Morgan fingerprint density at radius 2 is 2.08 bits per heavy atom. The van der Waals surface area contributed by atoms with Crippen LogP contribution in [0, 0.1) is 6.92 Å². The molecule has 3 rings (SSSR count). The molecule has 1 aromatic carbocycles. The molecule has 0 aliphatic heterocycles. The average molecular weight is 325 g/mol. The van der Waals surface area contributed by atoms with Gasteiger partial charge in [-0.05, 0) is 50.7 Å². The van der Waals surface area contributed by atoms with Gasteiger partial charge >= 0.3 is 5.76 Å². The van der Waals surface area contributed by atoms with Gasteiger partial charge in [0.1, 0.15) is 0 Å². The predicted octanol–water partition coefficient (Wildman–Crippen LogP) is 2.86.